The second-order valence-corrected chi connectivity index (χ2v) is 6.63. The fraction of sp³-hybridized carbons (Fsp3) is 0.286. The molecule has 0 radical (unpaired) electrons. The van der Waals surface area contributed by atoms with Crippen LogP contribution < -0.4 is 20.3 Å². The van der Waals surface area contributed by atoms with Gasteiger partial charge in [-0.05, 0) is 42.7 Å². The van der Waals surface area contributed by atoms with Crippen LogP contribution in [0.2, 0.25) is 0 Å². The van der Waals surface area contributed by atoms with Crippen molar-refractivity contribution in [1.29, 1.82) is 0 Å². The lowest BCUT2D eigenvalue weighted by Crippen LogP contribution is -2.31. The molecule has 152 valence electrons. The number of amides is 1. The molecule has 0 aliphatic carbocycles. The van der Waals surface area contributed by atoms with E-state index in [1.165, 1.54) is 4.57 Å². The highest BCUT2D eigenvalue weighted by Crippen LogP contribution is 2.27. The summed E-state index contributed by atoms with van der Waals surface area (Å²) < 4.78 is 13.8. The smallest absolute Gasteiger partial charge is 0.263 e. The van der Waals surface area contributed by atoms with Crippen molar-refractivity contribution < 1.29 is 14.3 Å². The van der Waals surface area contributed by atoms with Crippen molar-refractivity contribution in [3.8, 4) is 11.5 Å². The molecule has 8 heteroatoms. The maximum atomic E-state index is 12.9. The Bertz CT molecular complexity index is 1080. The second-order valence-electron chi connectivity index (χ2n) is 6.63. The van der Waals surface area contributed by atoms with E-state index in [4.69, 9.17) is 9.47 Å². The zero-order valence-corrected chi connectivity index (χ0v) is 16.9. The summed E-state index contributed by atoms with van der Waals surface area (Å²) in [7, 11) is 4.93. The highest BCUT2D eigenvalue weighted by atomic mass is 16.5. The molecule has 1 aromatic carbocycles. The molecule has 1 N–H and O–H groups in total. The molecule has 3 rings (SSSR count). The number of hydrogen-bond acceptors (Lipinski definition) is 5. The van der Waals surface area contributed by atoms with Gasteiger partial charge in [0.2, 0.25) is 5.95 Å². The van der Waals surface area contributed by atoms with Crippen LogP contribution in [0.3, 0.4) is 0 Å². The second kappa shape index (κ2) is 8.64. The Morgan fingerprint density at radius 3 is 2.55 bits per heavy atom. The third kappa shape index (κ3) is 4.31. The zero-order valence-electron chi connectivity index (χ0n) is 16.9. The van der Waals surface area contributed by atoms with E-state index in [1.807, 2.05) is 18.2 Å². The maximum Gasteiger partial charge on any atom is 0.263 e. The monoisotopic (exact) mass is 396 g/mol. The van der Waals surface area contributed by atoms with E-state index >= 15 is 0 Å². The lowest BCUT2D eigenvalue weighted by molar-refractivity contribution is 0.102. The quantitative estimate of drug-likeness (QED) is 0.663. The van der Waals surface area contributed by atoms with E-state index < -0.39 is 5.91 Å². The molecule has 0 unspecified atom stereocenters. The predicted octanol–water partition coefficient (Wildman–Crippen LogP) is 2.40. The van der Waals surface area contributed by atoms with E-state index in [9.17, 15) is 9.59 Å². The lowest BCUT2D eigenvalue weighted by atomic mass is 10.1. The van der Waals surface area contributed by atoms with Crippen LogP contribution in [0.5, 0.6) is 11.5 Å². The summed E-state index contributed by atoms with van der Waals surface area (Å²) >= 11 is 0. The summed E-state index contributed by atoms with van der Waals surface area (Å²) in [5, 5.41) is 2.69. The number of aryl methyl sites for hydroxylation is 4. The number of methoxy groups -OCH3 is 2. The van der Waals surface area contributed by atoms with Gasteiger partial charge in [-0.3, -0.25) is 14.9 Å². The molecule has 3 aromatic rings. The first-order chi connectivity index (χ1) is 13.9. The van der Waals surface area contributed by atoms with Crippen LogP contribution in [-0.2, 0) is 20.0 Å². The van der Waals surface area contributed by atoms with Gasteiger partial charge in [0.05, 0.1) is 14.2 Å². The Labute approximate surface area is 168 Å². The number of imidazole rings is 1. The average Bonchev–Trinajstić information content (AvgIpc) is 3.11. The van der Waals surface area contributed by atoms with Crippen LogP contribution in [0.25, 0.3) is 0 Å². The first kappa shape index (κ1) is 20.2. The van der Waals surface area contributed by atoms with Crippen molar-refractivity contribution in [3.63, 3.8) is 0 Å². The fourth-order valence-corrected chi connectivity index (χ4v) is 3.05. The minimum atomic E-state index is -0.470. The summed E-state index contributed by atoms with van der Waals surface area (Å²) in [4.78, 5) is 29.7. The van der Waals surface area contributed by atoms with Gasteiger partial charge in [-0.15, -0.1) is 0 Å². The predicted molar refractivity (Wildman–Crippen MR) is 110 cm³/mol. The Kier molecular flexibility index (Phi) is 6.01. The summed E-state index contributed by atoms with van der Waals surface area (Å²) in [5.74, 6) is 1.20. The fourth-order valence-electron chi connectivity index (χ4n) is 3.05. The van der Waals surface area contributed by atoms with Crippen LogP contribution >= 0.6 is 0 Å². The molecule has 0 atom stereocenters. The third-order valence-electron chi connectivity index (χ3n) is 4.74. The van der Waals surface area contributed by atoms with E-state index in [2.05, 4.69) is 10.3 Å². The van der Waals surface area contributed by atoms with Crippen molar-refractivity contribution in [2.24, 2.45) is 7.05 Å². The topological polar surface area (TPSA) is 87.4 Å². The summed E-state index contributed by atoms with van der Waals surface area (Å²) in [5.41, 5.74) is 1.39. The summed E-state index contributed by atoms with van der Waals surface area (Å²) in [6.07, 6.45) is 5.60. The van der Waals surface area contributed by atoms with E-state index in [1.54, 1.807) is 57.4 Å². The molecule has 0 bridgehead atoms. The first-order valence-electron chi connectivity index (χ1n) is 9.14. The van der Waals surface area contributed by atoms with Crippen LogP contribution in [0, 0.1) is 6.92 Å². The van der Waals surface area contributed by atoms with Gasteiger partial charge in [0.25, 0.3) is 11.5 Å². The molecule has 0 saturated heterocycles. The van der Waals surface area contributed by atoms with Gasteiger partial charge in [0, 0.05) is 32.2 Å². The molecule has 0 aliphatic rings. The van der Waals surface area contributed by atoms with Gasteiger partial charge in [-0.2, -0.15) is 0 Å². The molecule has 0 saturated carbocycles. The van der Waals surface area contributed by atoms with Gasteiger partial charge >= 0.3 is 0 Å². The van der Waals surface area contributed by atoms with Crippen molar-refractivity contribution in [1.82, 2.24) is 14.1 Å². The molecule has 0 spiro atoms. The van der Waals surface area contributed by atoms with Gasteiger partial charge < -0.3 is 18.6 Å². The lowest BCUT2D eigenvalue weighted by Gasteiger charge is -2.12. The van der Waals surface area contributed by atoms with Crippen molar-refractivity contribution in [2.75, 3.05) is 19.5 Å². The number of rotatable bonds is 7. The number of carbonyl (C=O) groups is 1. The molecular formula is C21H24N4O4. The number of anilines is 1. The Morgan fingerprint density at radius 1 is 1.14 bits per heavy atom. The summed E-state index contributed by atoms with van der Waals surface area (Å²) in [6, 6.07) is 7.41. The van der Waals surface area contributed by atoms with E-state index in [-0.39, 0.29) is 11.1 Å². The SMILES string of the molecule is COc1ccc(CCn2ccc(C)c(C(=O)Nc3nccn3C)c2=O)cc1OC. The normalized spacial score (nSPS) is 10.6. The molecule has 8 nitrogen and oxygen atoms in total. The van der Waals surface area contributed by atoms with Crippen LogP contribution in [-0.4, -0.2) is 34.2 Å². The highest BCUT2D eigenvalue weighted by Gasteiger charge is 2.17. The third-order valence-corrected chi connectivity index (χ3v) is 4.74. The zero-order chi connectivity index (χ0) is 21.0. The molecule has 1 amide bonds. The molecule has 2 heterocycles. The summed E-state index contributed by atoms with van der Waals surface area (Å²) in [6.45, 7) is 2.17. The minimum Gasteiger partial charge on any atom is -0.493 e. The average molecular weight is 396 g/mol. The van der Waals surface area contributed by atoms with Crippen LogP contribution in [0.15, 0.2) is 47.7 Å². The number of ether oxygens (including phenoxy) is 2. The van der Waals surface area contributed by atoms with Gasteiger partial charge in [0.15, 0.2) is 11.5 Å². The Morgan fingerprint density at radius 2 is 1.90 bits per heavy atom. The Hall–Kier alpha value is -3.55. The Balaban J connectivity index is 1.81. The number of aromatic nitrogens is 3. The minimum absolute atomic E-state index is 0.114. The molecule has 29 heavy (non-hydrogen) atoms. The van der Waals surface area contributed by atoms with Crippen LogP contribution in [0.1, 0.15) is 21.5 Å². The number of hydrogen-bond donors (Lipinski definition) is 1. The van der Waals surface area contributed by atoms with Gasteiger partial charge in [-0.25, -0.2) is 4.98 Å². The largest absolute Gasteiger partial charge is 0.493 e. The van der Waals surface area contributed by atoms with E-state index in [0.29, 0.717) is 36.0 Å². The first-order valence-corrected chi connectivity index (χ1v) is 9.14. The highest BCUT2D eigenvalue weighted by molar-refractivity contribution is 6.04. The van der Waals surface area contributed by atoms with Crippen LogP contribution in [0.4, 0.5) is 5.95 Å². The number of pyridine rings is 1. The molecule has 0 fully saturated rings. The van der Waals surface area contributed by atoms with Crippen molar-refractivity contribution in [2.45, 2.75) is 19.9 Å². The molecule has 0 aliphatic heterocycles. The number of carbonyl (C=O) groups excluding carboxylic acids is 1. The maximum absolute atomic E-state index is 12.9. The molecule has 2 aromatic heterocycles. The molecular weight excluding hydrogens is 372 g/mol. The standard InChI is InChI=1S/C21H24N4O4/c1-14-7-10-25(11-8-15-5-6-16(28-3)17(13-15)29-4)20(27)18(14)19(26)23-21-22-9-12-24(21)2/h5-7,9-10,12-13H,8,11H2,1-4H3,(H,22,23,26). The number of nitrogens with zero attached hydrogens (tertiary/aromatic N) is 3. The van der Waals surface area contributed by atoms with Crippen molar-refractivity contribution in [3.05, 3.63) is 69.9 Å². The van der Waals surface area contributed by atoms with Crippen molar-refractivity contribution >= 4 is 11.9 Å². The number of nitrogens with one attached hydrogen (secondary N) is 1. The van der Waals surface area contributed by atoms with E-state index in [0.717, 1.165) is 5.56 Å². The number of benzene rings is 1. The van der Waals surface area contributed by atoms with Gasteiger partial charge in [-0.1, -0.05) is 6.07 Å². The van der Waals surface area contributed by atoms with Gasteiger partial charge in [0.1, 0.15) is 5.56 Å².